The molecule has 0 N–H and O–H groups in total. The Morgan fingerprint density at radius 2 is 1.05 bits per heavy atom. The van der Waals surface area contributed by atoms with Crippen LogP contribution in [0.15, 0.2) is 84.9 Å². The summed E-state index contributed by atoms with van der Waals surface area (Å²) in [7, 11) is -2.00. The summed E-state index contributed by atoms with van der Waals surface area (Å²) in [6, 6.07) is 31.7. The van der Waals surface area contributed by atoms with Crippen molar-refractivity contribution in [3.05, 3.63) is 96.1 Å². The standard InChI is InChI=1S/C30H26Si.CH3.2Al.2ClH.O.Zr/c1-19-17-23-15-13-21-9-5-7-11-25(21)27(23)29(19)31(3,4)30-20(2)18-24-16-14-22-10-6-8-12-26(22)28(24)30;;;;;;;/h5-18H,1-4H3;1H3;;;2*1H;;/q-2;;;;;;;+2. The van der Waals surface area contributed by atoms with Gasteiger partial charge in [0.15, 0.2) is 0 Å². The number of aryl methyl sites for hydroxylation is 2. The molecule has 0 spiro atoms. The molecule has 0 heterocycles. The Morgan fingerprint density at radius 3 is 1.42 bits per heavy atom. The van der Waals surface area contributed by atoms with Crippen LogP contribution < -0.4 is 10.4 Å². The van der Waals surface area contributed by atoms with Crippen molar-refractivity contribution in [2.75, 3.05) is 0 Å². The summed E-state index contributed by atoms with van der Waals surface area (Å²) < 4.78 is 4.54. The third-order valence-corrected chi connectivity index (χ3v) is 12.2. The molecule has 6 rings (SSSR count). The van der Waals surface area contributed by atoms with E-state index in [1.807, 2.05) is 5.79 Å². The van der Waals surface area contributed by atoms with Gasteiger partial charge in [-0.3, -0.25) is 0 Å². The molecule has 38 heavy (non-hydrogen) atoms. The van der Waals surface area contributed by atoms with Crippen molar-refractivity contribution in [1.29, 1.82) is 0 Å². The largest absolute Gasteiger partial charge is 2.00 e. The average Bonchev–Trinajstić information content (AvgIpc) is 3.40. The van der Waals surface area contributed by atoms with E-state index in [-0.39, 0.29) is 66.6 Å². The molecule has 6 aromatic rings. The van der Waals surface area contributed by atoms with Gasteiger partial charge in [-0.15, -0.1) is 81.8 Å². The SMILES string of the molecule is Cc1[cH-]c2ccc3ccccc3c2c1[Si](C)(C)c1c(C)[cH-]c2ccc3ccccc3c12.Cl.Cl.[CH3][Al][O][Al].[Zr+2]. The third-order valence-electron chi connectivity index (χ3n) is 7.34. The molecule has 0 atom stereocenters. The quantitative estimate of drug-likeness (QED) is 0.139. The predicted molar refractivity (Wildman–Crippen MR) is 173 cm³/mol. The molecule has 0 aliphatic heterocycles. The number of hydrogen-bond donors (Lipinski definition) is 0. The van der Waals surface area contributed by atoms with E-state index in [0.717, 1.165) is 0 Å². The zero-order chi connectivity index (χ0) is 24.7. The van der Waals surface area contributed by atoms with Gasteiger partial charge < -0.3 is 2.84 Å². The van der Waals surface area contributed by atoms with Crippen LogP contribution in [0, 0.1) is 13.8 Å². The summed E-state index contributed by atoms with van der Waals surface area (Å²) in [5, 5.41) is 14.4. The van der Waals surface area contributed by atoms with Crippen molar-refractivity contribution in [3.63, 3.8) is 0 Å². The number of halogens is 2. The molecule has 0 aromatic heterocycles. The number of rotatable bonds is 3. The summed E-state index contributed by atoms with van der Waals surface area (Å²) >= 11 is 2.44. The van der Waals surface area contributed by atoms with Gasteiger partial charge in [0.2, 0.25) is 0 Å². The van der Waals surface area contributed by atoms with E-state index in [1.165, 1.54) is 54.2 Å². The first-order valence-electron chi connectivity index (χ1n) is 12.2. The minimum absolute atomic E-state index is 0. The van der Waals surface area contributed by atoms with E-state index in [9.17, 15) is 0 Å². The first kappa shape index (κ1) is 33.5. The molecule has 6 aromatic carbocycles. The van der Waals surface area contributed by atoms with Crippen LogP contribution in [0.25, 0.3) is 43.1 Å². The first-order valence-corrected chi connectivity index (χ1v) is 17.3. The molecule has 0 unspecified atom stereocenters. The van der Waals surface area contributed by atoms with E-state index in [4.69, 9.17) is 0 Å². The number of benzene rings is 4. The van der Waals surface area contributed by atoms with Crippen LogP contribution in [0.4, 0.5) is 0 Å². The molecule has 3 radical (unpaired) electrons. The van der Waals surface area contributed by atoms with E-state index < -0.39 is 8.07 Å². The molecule has 0 aliphatic carbocycles. The monoisotopic (exact) mass is 661 g/mol. The maximum absolute atomic E-state index is 4.54. The normalized spacial score (nSPS) is 10.9. The average molecular weight is 664 g/mol. The number of hydrogen-bond acceptors (Lipinski definition) is 1. The molecule has 1 nitrogen and oxygen atoms in total. The minimum Gasteiger partial charge on any atom is -0.656 e. The Balaban J connectivity index is 0.000000680. The molecule has 0 fully saturated rings. The maximum atomic E-state index is 4.54. The van der Waals surface area contributed by atoms with Gasteiger partial charge in [0, 0.05) is 8.07 Å². The van der Waals surface area contributed by atoms with Crippen LogP contribution in [-0.2, 0) is 29.0 Å². The van der Waals surface area contributed by atoms with Crippen LogP contribution in [0.3, 0.4) is 0 Å². The van der Waals surface area contributed by atoms with Crippen LogP contribution in [0.5, 0.6) is 0 Å². The van der Waals surface area contributed by atoms with Gasteiger partial charge in [0.05, 0.1) is 0 Å². The Morgan fingerprint density at radius 1 is 0.684 bits per heavy atom. The molecule has 0 bridgehead atoms. The Labute approximate surface area is 273 Å². The second kappa shape index (κ2) is 13.8. The van der Waals surface area contributed by atoms with Gasteiger partial charge in [-0.25, -0.2) is 0 Å². The van der Waals surface area contributed by atoms with E-state index in [2.05, 4.69) is 131 Å². The fourth-order valence-corrected chi connectivity index (χ4v) is 10.3. The summed E-state index contributed by atoms with van der Waals surface area (Å²) in [6.07, 6.45) is 0. The van der Waals surface area contributed by atoms with E-state index >= 15 is 0 Å². The molecular weight excluding hydrogens is 633 g/mol. The summed E-state index contributed by atoms with van der Waals surface area (Å²) in [6.45, 7) is 9.75. The van der Waals surface area contributed by atoms with Crippen LogP contribution >= 0.6 is 24.8 Å². The fraction of sp³-hybridized carbons (Fsp3) is 0.161. The predicted octanol–water partition coefficient (Wildman–Crippen LogP) is 7.77. The fourth-order valence-electron chi connectivity index (χ4n) is 6.12. The zero-order valence-corrected chi connectivity index (χ0v) is 29.9. The van der Waals surface area contributed by atoms with Crippen molar-refractivity contribution in [3.8, 4) is 0 Å². The van der Waals surface area contributed by atoms with E-state index in [1.54, 1.807) is 10.4 Å². The smallest absolute Gasteiger partial charge is 0.656 e. The van der Waals surface area contributed by atoms with Crippen molar-refractivity contribution >= 4 is 119 Å². The van der Waals surface area contributed by atoms with Gasteiger partial charge in [0.25, 0.3) is 0 Å². The van der Waals surface area contributed by atoms with Gasteiger partial charge in [-0.1, -0.05) is 104 Å². The molecule has 7 heteroatoms. The molecule has 189 valence electrons. The van der Waals surface area contributed by atoms with Crippen molar-refractivity contribution in [2.45, 2.75) is 32.7 Å². The first-order chi connectivity index (χ1) is 16.9. The Kier molecular flexibility index (Phi) is 12.2. The van der Waals surface area contributed by atoms with Crippen LogP contribution in [0.2, 0.25) is 18.9 Å². The Hall–Kier alpha value is -0.675. The number of fused-ring (bicyclic) bond motifs is 6. The zero-order valence-electron chi connectivity index (χ0n) is 22.5. The van der Waals surface area contributed by atoms with Gasteiger partial charge in [0.1, 0.15) is 0 Å². The van der Waals surface area contributed by atoms with Gasteiger partial charge >= 0.3 is 58.4 Å². The molecule has 0 aliphatic rings. The van der Waals surface area contributed by atoms with Crippen molar-refractivity contribution in [2.24, 2.45) is 0 Å². The molecule has 0 saturated heterocycles. The van der Waals surface area contributed by atoms with Crippen LogP contribution in [-0.4, -0.2) is 40.3 Å². The molecular formula is C31H31Al2Cl2OSiZr. The van der Waals surface area contributed by atoms with Gasteiger partial charge in [-0.05, 0) is 10.8 Å². The molecule has 0 saturated carbocycles. The van der Waals surface area contributed by atoms with E-state index in [0.29, 0.717) is 0 Å². The van der Waals surface area contributed by atoms with Crippen LogP contribution in [0.1, 0.15) is 11.1 Å². The Bertz CT molecular complexity index is 1570. The summed E-state index contributed by atoms with van der Waals surface area (Å²) in [5.74, 6) is 2.02. The molecule has 0 amide bonds. The topological polar surface area (TPSA) is 9.23 Å². The summed E-state index contributed by atoms with van der Waals surface area (Å²) in [5.41, 5.74) is 2.88. The second-order valence-corrected chi connectivity index (χ2v) is 15.7. The van der Waals surface area contributed by atoms with Crippen molar-refractivity contribution < 1.29 is 29.0 Å². The van der Waals surface area contributed by atoms with Crippen molar-refractivity contribution in [1.82, 2.24) is 0 Å². The van der Waals surface area contributed by atoms with Gasteiger partial charge in [-0.2, -0.15) is 10.4 Å². The minimum atomic E-state index is -2.00. The second-order valence-electron chi connectivity index (χ2n) is 9.90. The third kappa shape index (κ3) is 5.85. The summed E-state index contributed by atoms with van der Waals surface area (Å²) in [4.78, 5) is 0. The maximum Gasteiger partial charge on any atom is 2.00 e.